The van der Waals surface area contributed by atoms with Gasteiger partial charge in [-0.25, -0.2) is 0 Å². The second-order valence-corrected chi connectivity index (χ2v) is 4.56. The van der Waals surface area contributed by atoms with Crippen LogP contribution in [0.2, 0.25) is 0 Å². The molecule has 0 atom stereocenters. The standard InChI is InChI=1S/C14H11N3O/c1-17-7-12(14-16-15-8-18-14)11-6-9-4-2-3-5-10(9)13(11)17/h2-5,7-8H,6H2,1H3. The van der Waals surface area contributed by atoms with Crippen molar-refractivity contribution in [2.45, 2.75) is 6.42 Å². The molecule has 3 aromatic rings. The highest BCUT2D eigenvalue weighted by atomic mass is 16.4. The molecule has 4 heteroatoms. The number of hydrogen-bond acceptors (Lipinski definition) is 3. The summed E-state index contributed by atoms with van der Waals surface area (Å²) in [4.78, 5) is 0. The average molecular weight is 237 g/mol. The molecule has 0 radical (unpaired) electrons. The summed E-state index contributed by atoms with van der Waals surface area (Å²) in [6.45, 7) is 0. The molecule has 0 fully saturated rings. The molecule has 0 bridgehead atoms. The van der Waals surface area contributed by atoms with E-state index in [1.54, 1.807) is 0 Å². The Kier molecular flexibility index (Phi) is 1.78. The van der Waals surface area contributed by atoms with Gasteiger partial charge in [0.2, 0.25) is 12.3 Å². The molecule has 0 amide bonds. The van der Waals surface area contributed by atoms with Crippen molar-refractivity contribution in [3.8, 4) is 22.7 Å². The van der Waals surface area contributed by atoms with Gasteiger partial charge in [0.1, 0.15) is 0 Å². The Hall–Kier alpha value is -2.36. The number of aromatic nitrogens is 3. The largest absolute Gasteiger partial charge is 0.423 e. The van der Waals surface area contributed by atoms with Gasteiger partial charge in [0.15, 0.2) is 0 Å². The molecule has 4 rings (SSSR count). The first kappa shape index (κ1) is 9.65. The van der Waals surface area contributed by atoms with Gasteiger partial charge in [-0.1, -0.05) is 24.3 Å². The van der Waals surface area contributed by atoms with Gasteiger partial charge in [-0.2, -0.15) is 0 Å². The van der Waals surface area contributed by atoms with Crippen LogP contribution in [0.1, 0.15) is 11.1 Å². The molecule has 0 aliphatic heterocycles. The van der Waals surface area contributed by atoms with Crippen molar-refractivity contribution in [2.75, 3.05) is 0 Å². The van der Waals surface area contributed by atoms with Crippen LogP contribution in [0.15, 0.2) is 41.3 Å². The Morgan fingerprint density at radius 3 is 2.94 bits per heavy atom. The molecule has 88 valence electrons. The Balaban J connectivity index is 1.99. The zero-order valence-corrected chi connectivity index (χ0v) is 9.92. The highest BCUT2D eigenvalue weighted by molar-refractivity contribution is 5.81. The highest BCUT2D eigenvalue weighted by Gasteiger charge is 2.26. The van der Waals surface area contributed by atoms with Crippen molar-refractivity contribution in [3.05, 3.63) is 48.0 Å². The van der Waals surface area contributed by atoms with E-state index < -0.39 is 0 Å². The molecule has 0 saturated heterocycles. The smallest absolute Gasteiger partial charge is 0.249 e. The van der Waals surface area contributed by atoms with Gasteiger partial charge in [-0.15, -0.1) is 10.2 Å². The molecule has 0 unspecified atom stereocenters. The molecule has 0 N–H and O–H groups in total. The van der Waals surface area contributed by atoms with Gasteiger partial charge >= 0.3 is 0 Å². The molecule has 1 aliphatic carbocycles. The van der Waals surface area contributed by atoms with Gasteiger partial charge in [0.25, 0.3) is 0 Å². The maximum absolute atomic E-state index is 5.32. The minimum absolute atomic E-state index is 0.597. The Bertz CT molecular complexity index is 726. The van der Waals surface area contributed by atoms with Crippen molar-refractivity contribution in [2.24, 2.45) is 7.05 Å². The quantitative estimate of drug-likeness (QED) is 0.511. The van der Waals surface area contributed by atoms with E-state index in [1.165, 1.54) is 28.8 Å². The van der Waals surface area contributed by atoms with Gasteiger partial charge in [-0.3, -0.25) is 0 Å². The number of rotatable bonds is 1. The first-order chi connectivity index (χ1) is 8.84. The number of hydrogen-bond donors (Lipinski definition) is 0. The molecule has 4 nitrogen and oxygen atoms in total. The minimum atomic E-state index is 0.597. The molecular weight excluding hydrogens is 226 g/mol. The van der Waals surface area contributed by atoms with Crippen LogP contribution in [-0.2, 0) is 13.5 Å². The van der Waals surface area contributed by atoms with E-state index in [1.807, 2.05) is 0 Å². The van der Waals surface area contributed by atoms with Gasteiger partial charge in [0.05, 0.1) is 11.3 Å². The van der Waals surface area contributed by atoms with Crippen LogP contribution in [0.5, 0.6) is 0 Å². The average Bonchev–Trinajstić information content (AvgIpc) is 3.06. The van der Waals surface area contributed by atoms with Crippen molar-refractivity contribution in [1.29, 1.82) is 0 Å². The number of benzene rings is 1. The fourth-order valence-corrected chi connectivity index (χ4v) is 2.78. The van der Waals surface area contributed by atoms with Crippen LogP contribution < -0.4 is 0 Å². The highest BCUT2D eigenvalue weighted by Crippen LogP contribution is 2.41. The van der Waals surface area contributed by atoms with E-state index >= 15 is 0 Å². The summed E-state index contributed by atoms with van der Waals surface area (Å²) in [6, 6.07) is 8.50. The number of nitrogens with zero attached hydrogens (tertiary/aromatic N) is 3. The lowest BCUT2D eigenvalue weighted by molar-refractivity contribution is 0.568. The molecule has 1 aromatic carbocycles. The molecule has 0 spiro atoms. The third-order valence-corrected chi connectivity index (χ3v) is 3.52. The van der Waals surface area contributed by atoms with Crippen LogP contribution in [-0.4, -0.2) is 14.8 Å². The van der Waals surface area contributed by atoms with Crippen molar-refractivity contribution < 1.29 is 4.42 Å². The van der Waals surface area contributed by atoms with Crippen LogP contribution in [0, 0.1) is 0 Å². The van der Waals surface area contributed by atoms with Crippen molar-refractivity contribution in [3.63, 3.8) is 0 Å². The monoisotopic (exact) mass is 237 g/mol. The normalized spacial score (nSPS) is 12.5. The van der Waals surface area contributed by atoms with Gasteiger partial charge < -0.3 is 8.98 Å². The van der Waals surface area contributed by atoms with Crippen molar-refractivity contribution in [1.82, 2.24) is 14.8 Å². The van der Waals surface area contributed by atoms with Crippen LogP contribution in [0.3, 0.4) is 0 Å². The maximum Gasteiger partial charge on any atom is 0.249 e. The zero-order valence-electron chi connectivity index (χ0n) is 9.92. The lowest BCUT2D eigenvalue weighted by Crippen LogP contribution is -1.88. The summed E-state index contributed by atoms with van der Waals surface area (Å²) < 4.78 is 7.46. The zero-order chi connectivity index (χ0) is 12.1. The molecular formula is C14H11N3O. The predicted octanol–water partition coefficient (Wildman–Crippen LogP) is 2.65. The second kappa shape index (κ2) is 3.32. The second-order valence-electron chi connectivity index (χ2n) is 4.56. The van der Waals surface area contributed by atoms with E-state index in [9.17, 15) is 0 Å². The van der Waals surface area contributed by atoms with Crippen molar-refractivity contribution >= 4 is 0 Å². The summed E-state index contributed by atoms with van der Waals surface area (Å²) in [5.74, 6) is 0.597. The summed E-state index contributed by atoms with van der Waals surface area (Å²) in [5.41, 5.74) is 6.25. The Morgan fingerprint density at radius 2 is 2.11 bits per heavy atom. The van der Waals surface area contributed by atoms with Gasteiger partial charge in [0, 0.05) is 25.2 Å². The van der Waals surface area contributed by atoms with E-state index in [-0.39, 0.29) is 0 Å². The third-order valence-electron chi connectivity index (χ3n) is 3.52. The minimum Gasteiger partial charge on any atom is -0.423 e. The Labute approximate surface area is 104 Å². The predicted molar refractivity (Wildman–Crippen MR) is 66.9 cm³/mol. The van der Waals surface area contributed by atoms with Gasteiger partial charge in [-0.05, 0) is 11.1 Å². The summed E-state index contributed by atoms with van der Waals surface area (Å²) >= 11 is 0. The maximum atomic E-state index is 5.32. The first-order valence-corrected chi connectivity index (χ1v) is 5.87. The Morgan fingerprint density at radius 1 is 1.22 bits per heavy atom. The lowest BCUT2D eigenvalue weighted by atomic mass is 10.1. The van der Waals surface area contributed by atoms with Crippen LogP contribution in [0.4, 0.5) is 0 Å². The summed E-state index contributed by atoms with van der Waals surface area (Å²) in [6.07, 6.45) is 4.37. The molecule has 2 heterocycles. The number of fused-ring (bicyclic) bond motifs is 3. The fourth-order valence-electron chi connectivity index (χ4n) is 2.78. The topological polar surface area (TPSA) is 43.9 Å². The number of aryl methyl sites for hydroxylation is 1. The first-order valence-electron chi connectivity index (χ1n) is 5.87. The van der Waals surface area contributed by atoms with E-state index in [4.69, 9.17) is 4.42 Å². The molecule has 1 aliphatic rings. The summed E-state index contributed by atoms with van der Waals surface area (Å²) in [7, 11) is 2.06. The third kappa shape index (κ3) is 1.14. The lowest BCUT2D eigenvalue weighted by Gasteiger charge is -2.01. The molecule has 0 saturated carbocycles. The SMILES string of the molecule is Cn1cc(-c2nnco2)c2c1-c1ccccc1C2. The van der Waals surface area contributed by atoms with Crippen LogP contribution in [0.25, 0.3) is 22.7 Å². The molecule has 2 aromatic heterocycles. The summed E-state index contributed by atoms with van der Waals surface area (Å²) in [5, 5.41) is 7.77. The van der Waals surface area contributed by atoms with Crippen LogP contribution >= 0.6 is 0 Å². The van der Waals surface area contributed by atoms with E-state index in [0.29, 0.717) is 5.89 Å². The van der Waals surface area contributed by atoms with E-state index in [2.05, 4.69) is 52.3 Å². The van der Waals surface area contributed by atoms with E-state index in [0.717, 1.165) is 12.0 Å². The molecule has 18 heavy (non-hydrogen) atoms. The fraction of sp³-hybridized carbons (Fsp3) is 0.143.